The number of benzene rings is 1. The number of rotatable bonds is 0. The van der Waals surface area contributed by atoms with Gasteiger partial charge in [0.05, 0.1) is 0 Å². The number of hydrogen-bond donors (Lipinski definition) is 0. The maximum Gasteiger partial charge on any atom is 0.135 e. The first-order valence-corrected chi connectivity index (χ1v) is 3.33. The van der Waals surface area contributed by atoms with E-state index in [9.17, 15) is 4.39 Å². The fraction of sp³-hybridized carbons (Fsp3) is 0.143. The zero-order valence-corrected chi connectivity index (χ0v) is 6.50. The van der Waals surface area contributed by atoms with Crippen LogP contribution in [-0.2, 0) is 0 Å². The quantitative estimate of drug-likeness (QED) is 0.587. The lowest BCUT2D eigenvalue weighted by atomic mass is 10.2. The van der Waals surface area contributed by atoms with Gasteiger partial charge in [0.25, 0.3) is 0 Å². The molecule has 1 aromatic carbocycles. The molecule has 0 fully saturated rings. The molecule has 1 radical (unpaired) electrons. The topological polar surface area (TPSA) is 0 Å². The largest absolute Gasteiger partial charge is 0.206 e. The molecule has 0 amide bonds. The molecule has 0 aromatic heterocycles. The van der Waals surface area contributed by atoms with Gasteiger partial charge in [-0.25, -0.2) is 4.39 Å². The summed E-state index contributed by atoms with van der Waals surface area (Å²) in [6, 6.07) is 5.75. The SMILES string of the molecule is Cc1c(F)[c]ccc1Br. The Hall–Kier alpha value is -0.370. The second kappa shape index (κ2) is 2.48. The zero-order valence-electron chi connectivity index (χ0n) is 4.91. The van der Waals surface area contributed by atoms with Crippen molar-refractivity contribution in [1.82, 2.24) is 0 Å². The average Bonchev–Trinajstić information content (AvgIpc) is 1.83. The summed E-state index contributed by atoms with van der Waals surface area (Å²) in [5.41, 5.74) is 0.609. The maximum absolute atomic E-state index is 12.5. The third-order valence-electron chi connectivity index (χ3n) is 1.13. The van der Waals surface area contributed by atoms with Crippen LogP contribution in [0.2, 0.25) is 0 Å². The van der Waals surface area contributed by atoms with Crippen molar-refractivity contribution in [2.45, 2.75) is 6.92 Å². The van der Waals surface area contributed by atoms with Crippen LogP contribution >= 0.6 is 15.9 Å². The lowest BCUT2D eigenvalue weighted by Gasteiger charge is -1.95. The first-order valence-electron chi connectivity index (χ1n) is 2.54. The van der Waals surface area contributed by atoms with Gasteiger partial charge in [0.2, 0.25) is 0 Å². The van der Waals surface area contributed by atoms with E-state index in [4.69, 9.17) is 0 Å². The molecule has 0 heterocycles. The van der Waals surface area contributed by atoms with Crippen molar-refractivity contribution in [2.24, 2.45) is 0 Å². The van der Waals surface area contributed by atoms with Crippen LogP contribution in [0.5, 0.6) is 0 Å². The minimum absolute atomic E-state index is 0.288. The van der Waals surface area contributed by atoms with Crippen LogP contribution in [0.4, 0.5) is 4.39 Å². The Labute approximate surface area is 61.8 Å². The minimum atomic E-state index is -0.288. The Kier molecular flexibility index (Phi) is 1.86. The molecule has 0 aliphatic rings. The van der Waals surface area contributed by atoms with Crippen molar-refractivity contribution in [2.75, 3.05) is 0 Å². The van der Waals surface area contributed by atoms with E-state index in [-0.39, 0.29) is 5.82 Å². The molecule has 9 heavy (non-hydrogen) atoms. The molecular formula is C7H5BrF. The van der Waals surface area contributed by atoms with Gasteiger partial charge >= 0.3 is 0 Å². The van der Waals surface area contributed by atoms with Crippen LogP contribution < -0.4 is 0 Å². The zero-order chi connectivity index (χ0) is 6.85. The number of halogens is 2. The normalized spacial score (nSPS) is 9.67. The van der Waals surface area contributed by atoms with E-state index in [2.05, 4.69) is 22.0 Å². The Bertz CT molecular complexity index is 200. The van der Waals surface area contributed by atoms with Crippen molar-refractivity contribution in [3.05, 3.63) is 34.1 Å². The lowest BCUT2D eigenvalue weighted by Crippen LogP contribution is -1.81. The van der Waals surface area contributed by atoms with Crippen LogP contribution in [-0.4, -0.2) is 0 Å². The molecule has 2 heteroatoms. The van der Waals surface area contributed by atoms with E-state index in [0.29, 0.717) is 5.56 Å². The third-order valence-corrected chi connectivity index (χ3v) is 1.99. The minimum Gasteiger partial charge on any atom is -0.206 e. The maximum atomic E-state index is 12.5. The van der Waals surface area contributed by atoms with Crippen LogP contribution in [0.1, 0.15) is 5.56 Å². The van der Waals surface area contributed by atoms with Crippen LogP contribution in [0, 0.1) is 18.8 Å². The van der Waals surface area contributed by atoms with E-state index >= 15 is 0 Å². The highest BCUT2D eigenvalue weighted by atomic mass is 79.9. The monoisotopic (exact) mass is 187 g/mol. The van der Waals surface area contributed by atoms with Gasteiger partial charge in [-0.3, -0.25) is 0 Å². The predicted octanol–water partition coefficient (Wildman–Crippen LogP) is 2.70. The van der Waals surface area contributed by atoms with Crippen LogP contribution in [0.3, 0.4) is 0 Å². The van der Waals surface area contributed by atoms with Gasteiger partial charge in [0.15, 0.2) is 0 Å². The Morgan fingerprint density at radius 1 is 1.67 bits per heavy atom. The summed E-state index contributed by atoms with van der Waals surface area (Å²) in [7, 11) is 0. The summed E-state index contributed by atoms with van der Waals surface area (Å²) in [6.07, 6.45) is 0. The third kappa shape index (κ3) is 1.30. The summed E-state index contributed by atoms with van der Waals surface area (Å²) in [5.74, 6) is -0.288. The van der Waals surface area contributed by atoms with E-state index in [1.54, 1.807) is 19.1 Å². The van der Waals surface area contributed by atoms with Crippen molar-refractivity contribution >= 4 is 15.9 Å². The molecule has 0 aliphatic heterocycles. The summed E-state index contributed by atoms with van der Waals surface area (Å²) >= 11 is 3.19. The van der Waals surface area contributed by atoms with Gasteiger partial charge in [-0.2, -0.15) is 0 Å². The highest BCUT2D eigenvalue weighted by Crippen LogP contribution is 2.16. The average molecular weight is 188 g/mol. The second-order valence-corrected chi connectivity index (χ2v) is 2.62. The summed E-state index contributed by atoms with van der Waals surface area (Å²) in [5, 5.41) is 0. The second-order valence-electron chi connectivity index (χ2n) is 1.76. The molecule has 0 nitrogen and oxygen atoms in total. The summed E-state index contributed by atoms with van der Waals surface area (Å²) in [4.78, 5) is 0. The molecular weight excluding hydrogens is 183 g/mol. The first kappa shape index (κ1) is 6.75. The molecule has 0 atom stereocenters. The van der Waals surface area contributed by atoms with Gasteiger partial charge in [0, 0.05) is 10.5 Å². The highest BCUT2D eigenvalue weighted by Gasteiger charge is 1.97. The van der Waals surface area contributed by atoms with Gasteiger partial charge in [-0.05, 0) is 18.6 Å². The molecule has 47 valence electrons. The van der Waals surface area contributed by atoms with Crippen LogP contribution in [0.25, 0.3) is 0 Å². The molecule has 0 spiro atoms. The van der Waals surface area contributed by atoms with Gasteiger partial charge < -0.3 is 0 Å². The Morgan fingerprint density at radius 3 is 2.78 bits per heavy atom. The first-order chi connectivity index (χ1) is 4.22. The summed E-state index contributed by atoms with van der Waals surface area (Å²) in [6.45, 7) is 1.70. The van der Waals surface area contributed by atoms with E-state index < -0.39 is 0 Å². The lowest BCUT2D eigenvalue weighted by molar-refractivity contribution is 0.615. The molecule has 0 bridgehead atoms. The van der Waals surface area contributed by atoms with Crippen LogP contribution in [0.15, 0.2) is 16.6 Å². The van der Waals surface area contributed by atoms with Crippen molar-refractivity contribution in [3.63, 3.8) is 0 Å². The van der Waals surface area contributed by atoms with Gasteiger partial charge in [0.1, 0.15) is 5.82 Å². The van der Waals surface area contributed by atoms with E-state index in [0.717, 1.165) is 4.47 Å². The predicted molar refractivity (Wildman–Crippen MR) is 37.7 cm³/mol. The molecule has 1 aromatic rings. The highest BCUT2D eigenvalue weighted by molar-refractivity contribution is 9.10. The molecule has 0 unspecified atom stereocenters. The van der Waals surface area contributed by atoms with Crippen molar-refractivity contribution in [1.29, 1.82) is 0 Å². The Balaban J connectivity index is 3.25. The van der Waals surface area contributed by atoms with Crippen molar-refractivity contribution < 1.29 is 4.39 Å². The van der Waals surface area contributed by atoms with Crippen molar-refractivity contribution in [3.8, 4) is 0 Å². The standard InChI is InChI=1S/C7H5BrF/c1-5-6(8)3-2-4-7(5)9/h2-3H,1H3. The smallest absolute Gasteiger partial charge is 0.135 e. The summed E-state index contributed by atoms with van der Waals surface area (Å²) < 4.78 is 13.3. The number of hydrogen-bond acceptors (Lipinski definition) is 0. The fourth-order valence-electron chi connectivity index (χ4n) is 0.526. The molecule has 0 saturated heterocycles. The molecule has 0 N–H and O–H groups in total. The van der Waals surface area contributed by atoms with E-state index in [1.165, 1.54) is 0 Å². The van der Waals surface area contributed by atoms with Gasteiger partial charge in [-0.15, -0.1) is 0 Å². The van der Waals surface area contributed by atoms with Gasteiger partial charge in [-0.1, -0.05) is 22.0 Å². The Morgan fingerprint density at radius 2 is 2.33 bits per heavy atom. The molecule has 1 rings (SSSR count). The molecule has 0 aliphatic carbocycles. The fourth-order valence-corrected chi connectivity index (χ4v) is 0.832. The molecule has 0 saturated carbocycles. The van der Waals surface area contributed by atoms with E-state index in [1.807, 2.05) is 0 Å².